The van der Waals surface area contributed by atoms with Gasteiger partial charge in [0.1, 0.15) is 6.26 Å². The maximum atomic E-state index is 8.92. The first-order valence-electron chi connectivity index (χ1n) is 6.71. The molecule has 0 saturated carbocycles. The van der Waals surface area contributed by atoms with Crippen LogP contribution in [-0.2, 0) is 0 Å². The number of nitriles is 2. The predicted octanol–water partition coefficient (Wildman–Crippen LogP) is 3.60. The molecule has 3 rings (SSSR count). The summed E-state index contributed by atoms with van der Waals surface area (Å²) in [5.74, 6) is -0.0493. The maximum absolute atomic E-state index is 8.92. The molecule has 104 valence electrons. The van der Waals surface area contributed by atoms with Crippen molar-refractivity contribution in [3.8, 4) is 12.1 Å². The lowest BCUT2D eigenvalue weighted by Gasteiger charge is -2.16. The number of hydrogen-bond acceptors (Lipinski definition) is 4. The van der Waals surface area contributed by atoms with E-state index in [1.54, 1.807) is 36.7 Å². The highest BCUT2D eigenvalue weighted by Gasteiger charge is 2.18. The van der Waals surface area contributed by atoms with Crippen molar-refractivity contribution in [2.75, 3.05) is 0 Å². The van der Waals surface area contributed by atoms with E-state index in [1.165, 1.54) is 0 Å². The molecule has 0 aliphatic carbocycles. The van der Waals surface area contributed by atoms with E-state index >= 15 is 0 Å². The highest BCUT2D eigenvalue weighted by atomic mass is 16.5. The predicted molar refractivity (Wildman–Crippen MR) is 79.8 cm³/mol. The van der Waals surface area contributed by atoms with Crippen LogP contribution in [0.25, 0.3) is 0 Å². The van der Waals surface area contributed by atoms with Gasteiger partial charge < -0.3 is 4.52 Å². The van der Waals surface area contributed by atoms with E-state index in [0.717, 1.165) is 16.7 Å². The van der Waals surface area contributed by atoms with E-state index in [2.05, 4.69) is 17.3 Å². The second-order valence-electron chi connectivity index (χ2n) is 4.86. The van der Waals surface area contributed by atoms with Gasteiger partial charge in [0.25, 0.3) is 0 Å². The monoisotopic (exact) mass is 285 g/mol. The van der Waals surface area contributed by atoms with E-state index in [4.69, 9.17) is 15.0 Å². The fraction of sp³-hybridized carbons (Fsp3) is 0.0556. The average Bonchev–Trinajstić information content (AvgIpc) is 3.10. The Morgan fingerprint density at radius 3 is 1.64 bits per heavy atom. The summed E-state index contributed by atoms with van der Waals surface area (Å²) in [5.41, 5.74) is 4.23. The molecule has 0 fully saturated rings. The number of rotatable bonds is 3. The zero-order valence-electron chi connectivity index (χ0n) is 11.6. The molecule has 0 amide bonds. The van der Waals surface area contributed by atoms with E-state index in [-0.39, 0.29) is 5.92 Å². The minimum atomic E-state index is -0.0493. The molecule has 3 aromatic rings. The van der Waals surface area contributed by atoms with E-state index < -0.39 is 0 Å². The van der Waals surface area contributed by atoms with Crippen molar-refractivity contribution >= 4 is 0 Å². The standard InChI is InChI=1S/C18H11N3O/c19-9-13-1-5-15(6-2-13)18(17-11-21-22-12-17)16-7-3-14(10-20)4-8-16/h1-8,11-12,18H. The summed E-state index contributed by atoms with van der Waals surface area (Å²) in [6.45, 7) is 0. The van der Waals surface area contributed by atoms with Crippen molar-refractivity contribution in [3.05, 3.63) is 88.8 Å². The van der Waals surface area contributed by atoms with Crippen molar-refractivity contribution in [2.45, 2.75) is 5.92 Å². The molecule has 0 N–H and O–H groups in total. The lowest BCUT2D eigenvalue weighted by atomic mass is 9.86. The molecule has 22 heavy (non-hydrogen) atoms. The third-order valence-electron chi connectivity index (χ3n) is 3.53. The van der Waals surface area contributed by atoms with Crippen LogP contribution in [0, 0.1) is 22.7 Å². The quantitative estimate of drug-likeness (QED) is 0.737. The van der Waals surface area contributed by atoms with Gasteiger partial charge in [-0.2, -0.15) is 10.5 Å². The van der Waals surface area contributed by atoms with Gasteiger partial charge in [-0.05, 0) is 35.4 Å². The molecule has 0 aliphatic rings. The van der Waals surface area contributed by atoms with Crippen LogP contribution < -0.4 is 0 Å². The van der Waals surface area contributed by atoms with Crippen LogP contribution in [0.5, 0.6) is 0 Å². The second kappa shape index (κ2) is 5.95. The van der Waals surface area contributed by atoms with Gasteiger partial charge in [-0.25, -0.2) is 0 Å². The normalized spacial score (nSPS) is 10.1. The van der Waals surface area contributed by atoms with Gasteiger partial charge in [0.05, 0.1) is 29.5 Å². The molecular formula is C18H11N3O. The van der Waals surface area contributed by atoms with Gasteiger partial charge in [0, 0.05) is 11.5 Å². The third-order valence-corrected chi connectivity index (χ3v) is 3.53. The van der Waals surface area contributed by atoms with E-state index in [1.807, 2.05) is 24.3 Å². The molecule has 0 aliphatic heterocycles. The van der Waals surface area contributed by atoms with Crippen LogP contribution >= 0.6 is 0 Å². The zero-order chi connectivity index (χ0) is 15.4. The molecular weight excluding hydrogens is 274 g/mol. The fourth-order valence-electron chi connectivity index (χ4n) is 2.43. The van der Waals surface area contributed by atoms with Gasteiger partial charge in [-0.15, -0.1) is 0 Å². The Bertz CT molecular complexity index is 778. The molecule has 0 bridgehead atoms. The molecule has 0 spiro atoms. The fourth-order valence-corrected chi connectivity index (χ4v) is 2.43. The second-order valence-corrected chi connectivity index (χ2v) is 4.86. The van der Waals surface area contributed by atoms with E-state index in [9.17, 15) is 0 Å². The Morgan fingerprint density at radius 2 is 1.27 bits per heavy atom. The zero-order valence-corrected chi connectivity index (χ0v) is 11.6. The summed E-state index contributed by atoms with van der Waals surface area (Å²) in [6.07, 6.45) is 3.29. The highest BCUT2D eigenvalue weighted by molar-refractivity contribution is 5.45. The summed E-state index contributed by atoms with van der Waals surface area (Å²) in [4.78, 5) is 0. The summed E-state index contributed by atoms with van der Waals surface area (Å²) in [7, 11) is 0. The van der Waals surface area contributed by atoms with Crippen LogP contribution in [-0.4, -0.2) is 5.16 Å². The largest absolute Gasteiger partial charge is 0.364 e. The lowest BCUT2D eigenvalue weighted by molar-refractivity contribution is 0.418. The molecule has 4 nitrogen and oxygen atoms in total. The highest BCUT2D eigenvalue weighted by Crippen LogP contribution is 2.32. The molecule has 2 aromatic carbocycles. The van der Waals surface area contributed by atoms with Crippen molar-refractivity contribution < 1.29 is 4.52 Å². The van der Waals surface area contributed by atoms with Gasteiger partial charge in [0.15, 0.2) is 0 Å². The molecule has 4 heteroatoms. The van der Waals surface area contributed by atoms with Gasteiger partial charge in [0.2, 0.25) is 0 Å². The first kappa shape index (κ1) is 13.6. The molecule has 1 aromatic heterocycles. The van der Waals surface area contributed by atoms with Gasteiger partial charge in [-0.1, -0.05) is 29.4 Å². The van der Waals surface area contributed by atoms with Crippen molar-refractivity contribution in [1.29, 1.82) is 10.5 Å². The molecule has 0 unspecified atom stereocenters. The Balaban J connectivity index is 2.07. The average molecular weight is 285 g/mol. The summed E-state index contributed by atoms with van der Waals surface area (Å²) >= 11 is 0. The maximum Gasteiger partial charge on any atom is 0.127 e. The van der Waals surface area contributed by atoms with E-state index in [0.29, 0.717) is 11.1 Å². The molecule has 0 radical (unpaired) electrons. The SMILES string of the molecule is N#Cc1ccc(C(c2ccc(C#N)cc2)c2cnoc2)cc1. The Labute approximate surface area is 127 Å². The smallest absolute Gasteiger partial charge is 0.127 e. The number of aromatic nitrogens is 1. The lowest BCUT2D eigenvalue weighted by Crippen LogP contribution is -2.02. The number of nitrogens with zero attached hydrogens (tertiary/aromatic N) is 3. The van der Waals surface area contributed by atoms with Crippen LogP contribution in [0.1, 0.15) is 33.7 Å². The Kier molecular flexibility index (Phi) is 3.68. The minimum Gasteiger partial charge on any atom is -0.364 e. The minimum absolute atomic E-state index is 0.0493. The topological polar surface area (TPSA) is 73.6 Å². The van der Waals surface area contributed by atoms with Gasteiger partial charge >= 0.3 is 0 Å². The molecule has 0 saturated heterocycles. The van der Waals surface area contributed by atoms with Gasteiger partial charge in [-0.3, -0.25) is 0 Å². The number of hydrogen-bond donors (Lipinski definition) is 0. The van der Waals surface area contributed by atoms with Crippen molar-refractivity contribution in [2.24, 2.45) is 0 Å². The van der Waals surface area contributed by atoms with Crippen LogP contribution in [0.3, 0.4) is 0 Å². The number of benzene rings is 2. The Morgan fingerprint density at radius 1 is 0.773 bits per heavy atom. The summed E-state index contributed by atoms with van der Waals surface area (Å²) in [6, 6.07) is 19.1. The Hall–Kier alpha value is -3.37. The van der Waals surface area contributed by atoms with Crippen LogP contribution in [0.4, 0.5) is 0 Å². The van der Waals surface area contributed by atoms with Crippen molar-refractivity contribution in [3.63, 3.8) is 0 Å². The summed E-state index contributed by atoms with van der Waals surface area (Å²) in [5, 5.41) is 21.6. The van der Waals surface area contributed by atoms with Crippen LogP contribution in [0.15, 0.2) is 65.5 Å². The van der Waals surface area contributed by atoms with Crippen molar-refractivity contribution in [1.82, 2.24) is 5.16 Å². The summed E-state index contributed by atoms with van der Waals surface area (Å²) < 4.78 is 4.97. The molecule has 1 heterocycles. The first-order chi connectivity index (χ1) is 10.8. The first-order valence-corrected chi connectivity index (χ1v) is 6.71. The molecule has 0 atom stereocenters. The third kappa shape index (κ3) is 2.59. The van der Waals surface area contributed by atoms with Crippen LogP contribution in [0.2, 0.25) is 0 Å².